The molecule has 3 aromatic carbocycles. The van der Waals surface area contributed by atoms with Crippen molar-refractivity contribution in [1.82, 2.24) is 9.29 Å². The number of para-hydroxylation sites is 1. The SMILES string of the molecule is Cc1ccc([C@@H]2c3[nH]c4ccccc4c3CCN2S(=O)(=O)c2ccc3c(c2)CC(=O)N3C)cc1. The number of benzene rings is 3. The maximum atomic E-state index is 14.0. The summed E-state index contributed by atoms with van der Waals surface area (Å²) in [5.74, 6) is -0.0252. The lowest BCUT2D eigenvalue weighted by molar-refractivity contribution is -0.117. The molecule has 0 bridgehead atoms. The van der Waals surface area contributed by atoms with Crippen LogP contribution >= 0.6 is 0 Å². The molecule has 3 heterocycles. The van der Waals surface area contributed by atoms with Crippen LogP contribution in [0.3, 0.4) is 0 Å². The van der Waals surface area contributed by atoms with E-state index >= 15 is 0 Å². The van der Waals surface area contributed by atoms with Gasteiger partial charge in [0.2, 0.25) is 15.9 Å². The average Bonchev–Trinajstić information content (AvgIpc) is 3.35. The zero-order valence-corrected chi connectivity index (χ0v) is 19.9. The summed E-state index contributed by atoms with van der Waals surface area (Å²) in [5, 5.41) is 1.14. The number of H-pyrrole nitrogens is 1. The van der Waals surface area contributed by atoms with Crippen molar-refractivity contribution in [1.29, 1.82) is 0 Å². The van der Waals surface area contributed by atoms with E-state index in [0.29, 0.717) is 13.0 Å². The predicted octanol–water partition coefficient (Wildman–Crippen LogP) is 4.33. The average molecular weight is 472 g/mol. The van der Waals surface area contributed by atoms with E-state index in [-0.39, 0.29) is 17.2 Å². The zero-order chi connectivity index (χ0) is 23.6. The largest absolute Gasteiger partial charge is 0.357 e. The fourth-order valence-electron chi connectivity index (χ4n) is 5.30. The van der Waals surface area contributed by atoms with Crippen LogP contribution in [0.25, 0.3) is 10.9 Å². The summed E-state index contributed by atoms with van der Waals surface area (Å²) < 4.78 is 29.7. The number of nitrogens with one attached hydrogen (secondary N) is 1. The molecule has 6 nitrogen and oxygen atoms in total. The molecule has 1 amide bonds. The van der Waals surface area contributed by atoms with Crippen molar-refractivity contribution >= 4 is 32.5 Å². The summed E-state index contributed by atoms with van der Waals surface area (Å²) in [5.41, 5.74) is 6.70. The van der Waals surface area contributed by atoms with Crippen molar-refractivity contribution in [2.75, 3.05) is 18.5 Å². The molecule has 172 valence electrons. The smallest absolute Gasteiger partial charge is 0.244 e. The molecule has 2 aliphatic rings. The zero-order valence-electron chi connectivity index (χ0n) is 19.1. The number of carbonyl (C=O) groups excluding carboxylic acids is 1. The first kappa shape index (κ1) is 21.1. The van der Waals surface area contributed by atoms with E-state index in [4.69, 9.17) is 0 Å². The predicted molar refractivity (Wildman–Crippen MR) is 132 cm³/mol. The molecule has 1 aromatic heterocycles. The van der Waals surface area contributed by atoms with Crippen LogP contribution in [0.4, 0.5) is 5.69 Å². The van der Waals surface area contributed by atoms with Crippen LogP contribution in [0.5, 0.6) is 0 Å². The molecule has 2 aliphatic heterocycles. The van der Waals surface area contributed by atoms with Crippen LogP contribution < -0.4 is 4.90 Å². The number of likely N-dealkylation sites (N-methyl/N-ethyl adjacent to an activating group) is 1. The Morgan fingerprint density at radius 3 is 2.56 bits per heavy atom. The minimum absolute atomic E-state index is 0.0252. The standard InChI is InChI=1S/C27H25N3O3S/c1-17-7-9-18(10-8-17)27-26-22(21-5-3-4-6-23(21)28-26)13-14-30(27)34(32,33)20-11-12-24-19(15-20)16-25(31)29(24)2/h3-12,15,27-28H,13-14,16H2,1-2H3/t27-/m1/s1. The van der Waals surface area contributed by atoms with Crippen molar-refractivity contribution in [2.45, 2.75) is 30.7 Å². The number of anilines is 1. The van der Waals surface area contributed by atoms with Gasteiger partial charge in [-0.05, 0) is 54.3 Å². The van der Waals surface area contributed by atoms with Crippen LogP contribution in [0.2, 0.25) is 0 Å². The summed E-state index contributed by atoms with van der Waals surface area (Å²) in [4.78, 5) is 17.5. The highest BCUT2D eigenvalue weighted by molar-refractivity contribution is 7.89. The molecular weight excluding hydrogens is 446 g/mol. The Hall–Kier alpha value is -3.42. The van der Waals surface area contributed by atoms with Crippen molar-refractivity contribution in [2.24, 2.45) is 0 Å². The Morgan fingerprint density at radius 1 is 1.00 bits per heavy atom. The minimum Gasteiger partial charge on any atom is -0.357 e. The molecule has 34 heavy (non-hydrogen) atoms. The van der Waals surface area contributed by atoms with Crippen LogP contribution in [0.15, 0.2) is 71.6 Å². The van der Waals surface area contributed by atoms with Gasteiger partial charge in [0.05, 0.1) is 17.4 Å². The highest BCUT2D eigenvalue weighted by Gasteiger charge is 2.39. The third-order valence-corrected chi connectivity index (χ3v) is 8.98. The van der Waals surface area contributed by atoms with E-state index < -0.39 is 16.1 Å². The molecule has 0 saturated heterocycles. The van der Waals surface area contributed by atoms with Gasteiger partial charge in [-0.1, -0.05) is 48.0 Å². The van der Waals surface area contributed by atoms with E-state index in [2.05, 4.69) is 11.1 Å². The van der Waals surface area contributed by atoms with E-state index in [0.717, 1.165) is 39.0 Å². The first-order valence-electron chi connectivity index (χ1n) is 11.4. The topological polar surface area (TPSA) is 73.5 Å². The Balaban J connectivity index is 1.50. The van der Waals surface area contributed by atoms with Crippen LogP contribution in [-0.4, -0.2) is 37.2 Å². The highest BCUT2D eigenvalue weighted by Crippen LogP contribution is 2.42. The van der Waals surface area contributed by atoms with Gasteiger partial charge in [-0.25, -0.2) is 8.42 Å². The fourth-order valence-corrected chi connectivity index (χ4v) is 6.94. The van der Waals surface area contributed by atoms with Gasteiger partial charge in [-0.3, -0.25) is 4.79 Å². The number of hydrogen-bond donors (Lipinski definition) is 1. The third-order valence-electron chi connectivity index (χ3n) is 7.12. The lowest BCUT2D eigenvalue weighted by Crippen LogP contribution is -2.40. The third kappa shape index (κ3) is 3.11. The quantitative estimate of drug-likeness (QED) is 0.483. The van der Waals surface area contributed by atoms with Crippen molar-refractivity contribution in [3.63, 3.8) is 0 Å². The summed E-state index contributed by atoms with van der Waals surface area (Å²) >= 11 is 0. The number of amides is 1. The summed E-state index contributed by atoms with van der Waals surface area (Å²) in [6.45, 7) is 2.40. The molecule has 4 aromatic rings. The molecule has 0 spiro atoms. The van der Waals surface area contributed by atoms with Crippen LogP contribution in [0, 0.1) is 6.92 Å². The second kappa shape index (κ2) is 7.55. The van der Waals surface area contributed by atoms with Gasteiger partial charge in [0, 0.05) is 35.9 Å². The number of hydrogen-bond acceptors (Lipinski definition) is 3. The maximum absolute atomic E-state index is 14.0. The van der Waals surface area contributed by atoms with E-state index in [1.165, 1.54) is 5.56 Å². The molecule has 0 fully saturated rings. The number of carbonyl (C=O) groups is 1. The lowest BCUT2D eigenvalue weighted by atomic mass is 9.94. The van der Waals surface area contributed by atoms with E-state index in [1.54, 1.807) is 34.5 Å². The highest BCUT2D eigenvalue weighted by atomic mass is 32.2. The van der Waals surface area contributed by atoms with Crippen molar-refractivity contribution < 1.29 is 13.2 Å². The summed E-state index contributed by atoms with van der Waals surface area (Å²) in [6, 6.07) is 20.8. The second-order valence-electron chi connectivity index (χ2n) is 9.16. The van der Waals surface area contributed by atoms with Crippen molar-refractivity contribution in [3.8, 4) is 0 Å². The van der Waals surface area contributed by atoms with Gasteiger partial charge >= 0.3 is 0 Å². The number of fused-ring (bicyclic) bond motifs is 4. The maximum Gasteiger partial charge on any atom is 0.244 e. The van der Waals surface area contributed by atoms with Gasteiger partial charge in [0.25, 0.3) is 0 Å². The fraction of sp³-hybridized carbons (Fsp3) is 0.222. The van der Waals surface area contributed by atoms with Gasteiger partial charge in [0.1, 0.15) is 0 Å². The number of nitrogens with zero attached hydrogens (tertiary/aromatic N) is 2. The normalized spacial score (nSPS) is 18.4. The van der Waals surface area contributed by atoms with Gasteiger partial charge in [-0.15, -0.1) is 0 Å². The Kier molecular flexibility index (Phi) is 4.69. The second-order valence-corrected chi connectivity index (χ2v) is 11.1. The molecule has 0 saturated carbocycles. The molecule has 1 N–H and O–H groups in total. The molecule has 6 rings (SSSR count). The van der Waals surface area contributed by atoms with Crippen LogP contribution in [0.1, 0.15) is 34.0 Å². The first-order valence-corrected chi connectivity index (χ1v) is 12.9. The number of aryl methyl sites for hydroxylation is 1. The molecular formula is C27H25N3O3S. The Morgan fingerprint density at radius 2 is 1.76 bits per heavy atom. The number of rotatable bonds is 3. The van der Waals surface area contributed by atoms with E-state index in [1.807, 2.05) is 49.4 Å². The summed E-state index contributed by atoms with van der Waals surface area (Å²) in [7, 11) is -2.10. The number of sulfonamides is 1. The number of aromatic amines is 1. The molecule has 1 atom stereocenters. The molecule has 0 aliphatic carbocycles. The monoisotopic (exact) mass is 471 g/mol. The van der Waals surface area contributed by atoms with Gasteiger partial charge < -0.3 is 9.88 Å². The lowest BCUT2D eigenvalue weighted by Gasteiger charge is -2.35. The molecule has 0 unspecified atom stereocenters. The Bertz CT molecular complexity index is 1550. The molecule has 0 radical (unpaired) electrons. The van der Waals surface area contributed by atoms with E-state index in [9.17, 15) is 13.2 Å². The minimum atomic E-state index is -3.82. The van der Waals surface area contributed by atoms with Crippen molar-refractivity contribution in [3.05, 3.63) is 94.7 Å². The molecule has 7 heteroatoms. The summed E-state index contributed by atoms with van der Waals surface area (Å²) in [6.07, 6.45) is 0.857. The van der Waals surface area contributed by atoms with Gasteiger partial charge in [0.15, 0.2) is 0 Å². The van der Waals surface area contributed by atoms with Gasteiger partial charge in [-0.2, -0.15) is 4.31 Å². The Labute approximate surface area is 198 Å². The number of aromatic nitrogens is 1. The first-order chi connectivity index (χ1) is 16.3. The van der Waals surface area contributed by atoms with Crippen LogP contribution in [-0.2, 0) is 27.7 Å².